The summed E-state index contributed by atoms with van der Waals surface area (Å²) in [5, 5.41) is 0. The van der Waals surface area contributed by atoms with Crippen molar-refractivity contribution in [3.63, 3.8) is 0 Å². The quantitative estimate of drug-likeness (QED) is 0.846. The zero-order valence-corrected chi connectivity index (χ0v) is 14.2. The minimum Gasteiger partial charge on any atom is -0.368 e. The van der Waals surface area contributed by atoms with Gasteiger partial charge in [0.15, 0.2) is 0 Å². The Labute approximate surface area is 147 Å². The van der Waals surface area contributed by atoms with Crippen molar-refractivity contribution in [2.45, 2.75) is 37.8 Å². The van der Waals surface area contributed by atoms with Crippen molar-refractivity contribution in [1.29, 1.82) is 0 Å². The van der Waals surface area contributed by atoms with Crippen LogP contribution in [0, 0.1) is 5.82 Å². The van der Waals surface area contributed by atoms with Gasteiger partial charge in [-0.05, 0) is 56.0 Å². The number of rotatable bonds is 4. The van der Waals surface area contributed by atoms with Gasteiger partial charge >= 0.3 is 0 Å². The van der Waals surface area contributed by atoms with E-state index in [1.165, 1.54) is 18.2 Å². The topological polar surface area (TPSA) is 66.6 Å². The van der Waals surface area contributed by atoms with Crippen LogP contribution < -0.4 is 5.73 Å². The molecule has 0 aliphatic carbocycles. The molecule has 1 aromatic carbocycles. The predicted octanol–water partition coefficient (Wildman–Crippen LogP) is 1.78. The summed E-state index contributed by atoms with van der Waals surface area (Å²) >= 11 is 0. The van der Waals surface area contributed by atoms with Gasteiger partial charge in [-0.25, -0.2) is 4.39 Å². The molecule has 0 bridgehead atoms. The van der Waals surface area contributed by atoms with E-state index in [0.717, 1.165) is 32.2 Å². The number of carbonyl (C=O) groups excluding carboxylic acids is 2. The van der Waals surface area contributed by atoms with E-state index in [0.29, 0.717) is 24.7 Å². The van der Waals surface area contributed by atoms with Crippen LogP contribution in [0.25, 0.3) is 6.08 Å². The Kier molecular flexibility index (Phi) is 5.48. The van der Waals surface area contributed by atoms with Gasteiger partial charge in [0.25, 0.3) is 0 Å². The first-order chi connectivity index (χ1) is 12.0. The van der Waals surface area contributed by atoms with E-state index in [2.05, 4.69) is 4.90 Å². The monoisotopic (exact) mass is 345 g/mol. The molecule has 2 amide bonds. The zero-order chi connectivity index (χ0) is 17.8. The molecule has 0 unspecified atom stereocenters. The lowest BCUT2D eigenvalue weighted by Crippen LogP contribution is -2.51. The number of benzene rings is 1. The summed E-state index contributed by atoms with van der Waals surface area (Å²) in [6.45, 7) is 2.24. The Hall–Kier alpha value is -2.21. The highest BCUT2D eigenvalue weighted by Gasteiger charge is 2.35. The number of piperidine rings is 1. The van der Waals surface area contributed by atoms with Crippen LogP contribution in [-0.4, -0.2) is 53.3 Å². The molecule has 3 rings (SSSR count). The maximum absolute atomic E-state index is 13.2. The van der Waals surface area contributed by atoms with E-state index in [1.807, 2.05) is 4.90 Å². The third-order valence-corrected chi connectivity index (χ3v) is 5.13. The van der Waals surface area contributed by atoms with Crippen LogP contribution in [0.15, 0.2) is 30.3 Å². The largest absolute Gasteiger partial charge is 0.368 e. The van der Waals surface area contributed by atoms with Gasteiger partial charge in [-0.2, -0.15) is 0 Å². The number of carbonyl (C=O) groups is 2. The fourth-order valence-electron chi connectivity index (χ4n) is 3.83. The lowest BCUT2D eigenvalue weighted by Gasteiger charge is -2.38. The highest BCUT2D eigenvalue weighted by molar-refractivity contribution is 5.91. The van der Waals surface area contributed by atoms with Crippen LogP contribution in [-0.2, 0) is 9.59 Å². The Morgan fingerprint density at radius 2 is 1.92 bits per heavy atom. The second-order valence-corrected chi connectivity index (χ2v) is 6.74. The third kappa shape index (κ3) is 4.25. The number of hydrogen-bond donors (Lipinski definition) is 1. The van der Waals surface area contributed by atoms with Crippen molar-refractivity contribution >= 4 is 17.9 Å². The molecule has 0 spiro atoms. The fourth-order valence-corrected chi connectivity index (χ4v) is 3.83. The second-order valence-electron chi connectivity index (χ2n) is 6.74. The molecule has 2 heterocycles. The molecule has 0 radical (unpaired) electrons. The van der Waals surface area contributed by atoms with Crippen LogP contribution >= 0.6 is 0 Å². The molecule has 2 saturated heterocycles. The first-order valence-corrected chi connectivity index (χ1v) is 8.82. The molecular weight excluding hydrogens is 321 g/mol. The smallest absolute Gasteiger partial charge is 0.246 e. The predicted molar refractivity (Wildman–Crippen MR) is 94.0 cm³/mol. The summed E-state index contributed by atoms with van der Waals surface area (Å²) < 4.78 is 13.2. The van der Waals surface area contributed by atoms with Crippen LogP contribution in [0.5, 0.6) is 0 Å². The van der Waals surface area contributed by atoms with Crippen LogP contribution in [0.4, 0.5) is 4.39 Å². The second kappa shape index (κ2) is 7.78. The first kappa shape index (κ1) is 17.6. The number of nitrogens with two attached hydrogens (primary N) is 1. The van der Waals surface area contributed by atoms with Crippen LogP contribution in [0.3, 0.4) is 0 Å². The van der Waals surface area contributed by atoms with Gasteiger partial charge in [0.2, 0.25) is 11.8 Å². The number of nitrogens with zero attached hydrogens (tertiary/aromatic N) is 2. The summed E-state index contributed by atoms with van der Waals surface area (Å²) in [5.74, 6) is -0.616. The number of amides is 2. The van der Waals surface area contributed by atoms with Gasteiger partial charge in [0, 0.05) is 25.2 Å². The van der Waals surface area contributed by atoms with Crippen molar-refractivity contribution in [1.82, 2.24) is 9.80 Å². The van der Waals surface area contributed by atoms with Gasteiger partial charge in [-0.1, -0.05) is 12.1 Å². The number of halogens is 1. The van der Waals surface area contributed by atoms with Crippen molar-refractivity contribution in [3.05, 3.63) is 41.7 Å². The molecule has 5 nitrogen and oxygen atoms in total. The van der Waals surface area contributed by atoms with Crippen LogP contribution in [0.1, 0.15) is 31.2 Å². The van der Waals surface area contributed by atoms with Crippen molar-refractivity contribution in [3.8, 4) is 0 Å². The third-order valence-electron chi connectivity index (χ3n) is 5.13. The van der Waals surface area contributed by atoms with Crippen molar-refractivity contribution in [2.75, 3.05) is 19.6 Å². The highest BCUT2D eigenvalue weighted by atomic mass is 19.1. The fraction of sp³-hybridized carbons (Fsp3) is 0.474. The molecule has 1 atom stereocenters. The Bertz CT molecular complexity index is 668. The lowest BCUT2D eigenvalue weighted by atomic mass is 10.0. The van der Waals surface area contributed by atoms with E-state index < -0.39 is 0 Å². The van der Waals surface area contributed by atoms with Gasteiger partial charge in [0.05, 0.1) is 6.04 Å². The summed E-state index contributed by atoms with van der Waals surface area (Å²) in [4.78, 5) is 27.9. The van der Waals surface area contributed by atoms with E-state index in [4.69, 9.17) is 5.73 Å². The zero-order valence-electron chi connectivity index (χ0n) is 14.2. The standard InChI is InChI=1S/C19H24FN3O2/c20-15-4-1-3-14(13-15)6-7-18(24)22-11-8-16(9-12-22)23-10-2-5-17(23)19(21)25/h1,3-4,6-7,13,16-17H,2,5,8-12H2,(H2,21,25)/b7-6-/t17-/m0/s1. The first-order valence-electron chi connectivity index (χ1n) is 8.82. The van der Waals surface area contributed by atoms with Gasteiger partial charge in [-0.15, -0.1) is 0 Å². The Morgan fingerprint density at radius 1 is 1.16 bits per heavy atom. The van der Waals surface area contributed by atoms with Crippen molar-refractivity contribution < 1.29 is 14.0 Å². The van der Waals surface area contributed by atoms with Gasteiger partial charge in [-0.3, -0.25) is 14.5 Å². The minimum atomic E-state index is -0.315. The molecule has 6 heteroatoms. The summed E-state index contributed by atoms with van der Waals surface area (Å²) in [5.41, 5.74) is 6.17. The molecule has 2 aliphatic rings. The molecule has 2 N–H and O–H groups in total. The average molecular weight is 345 g/mol. The lowest BCUT2D eigenvalue weighted by molar-refractivity contribution is -0.129. The van der Waals surface area contributed by atoms with Gasteiger partial charge < -0.3 is 10.6 Å². The van der Waals surface area contributed by atoms with Gasteiger partial charge in [0.1, 0.15) is 5.82 Å². The molecule has 134 valence electrons. The van der Waals surface area contributed by atoms with Crippen molar-refractivity contribution in [2.24, 2.45) is 5.73 Å². The molecule has 0 saturated carbocycles. The van der Waals surface area contributed by atoms with E-state index >= 15 is 0 Å². The summed E-state index contributed by atoms with van der Waals surface area (Å²) in [6, 6.07) is 6.32. The van der Waals surface area contributed by atoms with Crippen LogP contribution in [0.2, 0.25) is 0 Å². The summed E-state index contributed by atoms with van der Waals surface area (Å²) in [7, 11) is 0. The molecule has 0 aromatic heterocycles. The SMILES string of the molecule is NC(=O)[C@@H]1CCCN1C1CCN(C(=O)/C=C\c2cccc(F)c2)CC1. The summed E-state index contributed by atoms with van der Waals surface area (Å²) in [6.07, 6.45) is 6.68. The minimum absolute atomic E-state index is 0.0596. The van der Waals surface area contributed by atoms with E-state index in [-0.39, 0.29) is 23.7 Å². The Morgan fingerprint density at radius 3 is 2.60 bits per heavy atom. The molecular formula is C19H24FN3O2. The number of primary amides is 1. The molecule has 25 heavy (non-hydrogen) atoms. The van der Waals surface area contributed by atoms with E-state index in [9.17, 15) is 14.0 Å². The Balaban J connectivity index is 1.53. The average Bonchev–Trinajstić information content (AvgIpc) is 3.10. The number of hydrogen-bond acceptors (Lipinski definition) is 3. The number of likely N-dealkylation sites (tertiary alicyclic amines) is 2. The maximum atomic E-state index is 13.2. The normalized spacial score (nSPS) is 22.6. The molecule has 1 aromatic rings. The molecule has 2 aliphatic heterocycles. The highest BCUT2D eigenvalue weighted by Crippen LogP contribution is 2.26. The maximum Gasteiger partial charge on any atom is 0.246 e. The van der Waals surface area contributed by atoms with E-state index in [1.54, 1.807) is 18.2 Å². The molecule has 2 fully saturated rings.